The van der Waals surface area contributed by atoms with E-state index in [4.69, 9.17) is 4.74 Å². The first-order chi connectivity index (χ1) is 8.49. The predicted octanol–water partition coefficient (Wildman–Crippen LogP) is 2.10. The number of aromatic nitrogens is 3. The monoisotopic (exact) mass is 260 g/mol. The number of nitrogens with one attached hydrogen (secondary N) is 1. The van der Waals surface area contributed by atoms with Crippen LogP contribution >= 0.6 is 0 Å². The van der Waals surface area contributed by atoms with Crippen LogP contribution < -0.4 is 10.1 Å². The van der Waals surface area contributed by atoms with Crippen molar-refractivity contribution in [3.63, 3.8) is 0 Å². The van der Waals surface area contributed by atoms with E-state index in [-0.39, 0.29) is 5.75 Å². The summed E-state index contributed by atoms with van der Waals surface area (Å²) in [5.41, 5.74) is 0.379. The molecule has 0 aliphatic carbocycles. The SMILES string of the molecule is CNc1nc2c(OCCC(F)(F)F)cccn2n1. The molecule has 0 saturated heterocycles. The van der Waals surface area contributed by atoms with E-state index in [0.717, 1.165) is 0 Å². The minimum Gasteiger partial charge on any atom is -0.489 e. The van der Waals surface area contributed by atoms with Crippen molar-refractivity contribution in [2.75, 3.05) is 19.0 Å². The Hall–Kier alpha value is -1.99. The van der Waals surface area contributed by atoms with E-state index in [1.165, 1.54) is 4.52 Å². The summed E-state index contributed by atoms with van der Waals surface area (Å²) >= 11 is 0. The average molecular weight is 260 g/mol. The molecule has 5 nitrogen and oxygen atoms in total. The van der Waals surface area contributed by atoms with E-state index in [1.807, 2.05) is 0 Å². The molecule has 0 amide bonds. The summed E-state index contributed by atoms with van der Waals surface area (Å²) in [5.74, 6) is 0.651. The zero-order chi connectivity index (χ0) is 13.2. The number of fused-ring (bicyclic) bond motifs is 1. The van der Waals surface area contributed by atoms with Crippen molar-refractivity contribution in [3.05, 3.63) is 18.3 Å². The highest BCUT2D eigenvalue weighted by Crippen LogP contribution is 2.22. The molecule has 2 heterocycles. The van der Waals surface area contributed by atoms with Crippen LogP contribution in [0.4, 0.5) is 19.1 Å². The molecule has 0 fully saturated rings. The van der Waals surface area contributed by atoms with Gasteiger partial charge in [0.1, 0.15) is 0 Å². The van der Waals surface area contributed by atoms with Crippen LogP contribution in [0.5, 0.6) is 5.75 Å². The molecule has 0 saturated carbocycles. The van der Waals surface area contributed by atoms with Crippen LogP contribution in [0.25, 0.3) is 5.65 Å². The molecule has 0 unspecified atom stereocenters. The van der Waals surface area contributed by atoms with Crippen molar-refractivity contribution in [2.24, 2.45) is 0 Å². The van der Waals surface area contributed by atoms with Gasteiger partial charge in [-0.3, -0.25) is 0 Å². The fourth-order valence-electron chi connectivity index (χ4n) is 1.38. The summed E-state index contributed by atoms with van der Waals surface area (Å²) in [5, 5.41) is 6.79. The Morgan fingerprint density at radius 2 is 2.22 bits per heavy atom. The number of ether oxygens (including phenoxy) is 1. The maximum Gasteiger partial charge on any atom is 0.392 e. The van der Waals surface area contributed by atoms with Crippen LogP contribution in [0, 0.1) is 0 Å². The maximum absolute atomic E-state index is 12.0. The Bertz CT molecular complexity index is 537. The zero-order valence-electron chi connectivity index (χ0n) is 9.53. The highest BCUT2D eigenvalue weighted by molar-refractivity contribution is 5.55. The summed E-state index contributed by atoms with van der Waals surface area (Å²) in [6.07, 6.45) is -3.59. The minimum absolute atomic E-state index is 0.274. The lowest BCUT2D eigenvalue weighted by molar-refractivity contribution is -0.139. The summed E-state index contributed by atoms with van der Waals surface area (Å²) in [6, 6.07) is 3.18. The Kier molecular flexibility index (Phi) is 3.26. The van der Waals surface area contributed by atoms with Gasteiger partial charge in [0.2, 0.25) is 5.95 Å². The van der Waals surface area contributed by atoms with E-state index in [2.05, 4.69) is 15.4 Å². The molecule has 0 aromatic carbocycles. The topological polar surface area (TPSA) is 51.5 Å². The maximum atomic E-state index is 12.0. The molecule has 0 spiro atoms. The highest BCUT2D eigenvalue weighted by atomic mass is 19.4. The molecule has 1 N–H and O–H groups in total. The minimum atomic E-state index is -4.23. The molecular formula is C10H11F3N4O. The molecule has 2 rings (SSSR count). The lowest BCUT2D eigenvalue weighted by Gasteiger charge is -2.08. The van der Waals surface area contributed by atoms with Gasteiger partial charge in [-0.1, -0.05) is 0 Å². The molecule has 18 heavy (non-hydrogen) atoms. The third kappa shape index (κ3) is 2.82. The number of halogens is 3. The quantitative estimate of drug-likeness (QED) is 0.914. The van der Waals surface area contributed by atoms with Gasteiger partial charge in [-0.25, -0.2) is 4.52 Å². The van der Waals surface area contributed by atoms with Crippen LogP contribution in [-0.2, 0) is 0 Å². The lowest BCUT2D eigenvalue weighted by Crippen LogP contribution is -2.13. The van der Waals surface area contributed by atoms with Crippen LogP contribution in [0.2, 0.25) is 0 Å². The summed E-state index contributed by atoms with van der Waals surface area (Å²) < 4.78 is 42.5. The molecule has 2 aromatic heterocycles. The number of alkyl halides is 3. The number of nitrogens with zero attached hydrogens (tertiary/aromatic N) is 3. The Balaban J connectivity index is 2.15. The lowest BCUT2D eigenvalue weighted by atomic mass is 10.4. The van der Waals surface area contributed by atoms with Gasteiger partial charge in [0.05, 0.1) is 13.0 Å². The smallest absolute Gasteiger partial charge is 0.392 e. The van der Waals surface area contributed by atoms with E-state index >= 15 is 0 Å². The molecular weight excluding hydrogens is 249 g/mol. The van der Waals surface area contributed by atoms with Gasteiger partial charge in [-0.15, -0.1) is 5.10 Å². The highest BCUT2D eigenvalue weighted by Gasteiger charge is 2.27. The van der Waals surface area contributed by atoms with Crippen LogP contribution in [0.3, 0.4) is 0 Å². The van der Waals surface area contributed by atoms with E-state index in [0.29, 0.717) is 11.6 Å². The first-order valence-electron chi connectivity index (χ1n) is 5.22. The second kappa shape index (κ2) is 4.71. The number of hydrogen-bond acceptors (Lipinski definition) is 4. The van der Waals surface area contributed by atoms with Crippen molar-refractivity contribution in [3.8, 4) is 5.75 Å². The number of hydrogen-bond donors (Lipinski definition) is 1. The normalized spacial score (nSPS) is 11.8. The van der Waals surface area contributed by atoms with Gasteiger partial charge in [-0.2, -0.15) is 18.2 Å². The van der Waals surface area contributed by atoms with Gasteiger partial charge < -0.3 is 10.1 Å². The molecule has 0 aliphatic rings. The summed E-state index contributed by atoms with van der Waals surface area (Å²) in [4.78, 5) is 4.08. The fourth-order valence-corrected chi connectivity index (χ4v) is 1.38. The van der Waals surface area contributed by atoms with Crippen LogP contribution in [0.1, 0.15) is 6.42 Å². The Morgan fingerprint density at radius 1 is 1.44 bits per heavy atom. The Labute approximate surface area is 101 Å². The molecule has 0 radical (unpaired) electrons. The average Bonchev–Trinajstić information content (AvgIpc) is 2.71. The third-order valence-corrected chi connectivity index (χ3v) is 2.19. The van der Waals surface area contributed by atoms with Crippen molar-refractivity contribution >= 4 is 11.6 Å². The number of rotatable bonds is 4. The molecule has 0 atom stereocenters. The van der Waals surface area contributed by atoms with E-state index in [1.54, 1.807) is 25.4 Å². The number of pyridine rings is 1. The second-order valence-electron chi connectivity index (χ2n) is 3.54. The van der Waals surface area contributed by atoms with E-state index in [9.17, 15) is 13.2 Å². The summed E-state index contributed by atoms with van der Waals surface area (Å²) in [6.45, 7) is -0.440. The first-order valence-corrected chi connectivity index (χ1v) is 5.22. The predicted molar refractivity (Wildman–Crippen MR) is 58.7 cm³/mol. The van der Waals surface area contributed by atoms with Crippen molar-refractivity contribution in [1.82, 2.24) is 14.6 Å². The zero-order valence-corrected chi connectivity index (χ0v) is 9.53. The molecule has 98 valence electrons. The third-order valence-electron chi connectivity index (χ3n) is 2.19. The van der Waals surface area contributed by atoms with Crippen molar-refractivity contribution in [1.29, 1.82) is 0 Å². The standard InChI is InChI=1S/C10H11F3N4O/c1-14-9-15-8-7(3-2-5-17(8)16-9)18-6-4-10(11,12)13/h2-3,5H,4,6H2,1H3,(H,14,16). The van der Waals surface area contributed by atoms with E-state index < -0.39 is 19.2 Å². The van der Waals surface area contributed by atoms with Gasteiger partial charge >= 0.3 is 6.18 Å². The van der Waals surface area contributed by atoms with Crippen molar-refractivity contribution in [2.45, 2.75) is 12.6 Å². The Morgan fingerprint density at radius 3 is 2.89 bits per heavy atom. The number of anilines is 1. The van der Waals surface area contributed by atoms with Gasteiger partial charge in [0.25, 0.3) is 0 Å². The van der Waals surface area contributed by atoms with Crippen molar-refractivity contribution < 1.29 is 17.9 Å². The molecule has 2 aromatic rings. The fraction of sp³-hybridized carbons (Fsp3) is 0.400. The van der Waals surface area contributed by atoms with Gasteiger partial charge in [0.15, 0.2) is 11.4 Å². The molecule has 0 aliphatic heterocycles. The van der Waals surface area contributed by atoms with Gasteiger partial charge in [-0.05, 0) is 12.1 Å². The second-order valence-corrected chi connectivity index (χ2v) is 3.54. The van der Waals surface area contributed by atoms with Crippen LogP contribution in [0.15, 0.2) is 18.3 Å². The molecule has 8 heteroatoms. The van der Waals surface area contributed by atoms with Gasteiger partial charge in [0, 0.05) is 13.2 Å². The molecule has 0 bridgehead atoms. The van der Waals surface area contributed by atoms with Crippen LogP contribution in [-0.4, -0.2) is 34.4 Å². The first kappa shape index (κ1) is 12.5. The summed E-state index contributed by atoms with van der Waals surface area (Å²) in [7, 11) is 1.65. The largest absolute Gasteiger partial charge is 0.489 e.